The van der Waals surface area contributed by atoms with Gasteiger partial charge in [-0.1, -0.05) is 225 Å². The molecular formula is C78H70BN3S. The molecule has 83 heavy (non-hydrogen) atoms. The first-order valence-corrected chi connectivity index (χ1v) is 30.3. The monoisotopic (exact) mass is 1090 g/mol. The zero-order valence-corrected chi connectivity index (χ0v) is 50.5. The lowest BCUT2D eigenvalue weighted by atomic mass is 9.36. The molecule has 1 N–H and O–H groups in total. The van der Waals surface area contributed by atoms with E-state index >= 15 is 0 Å². The van der Waals surface area contributed by atoms with E-state index in [1.54, 1.807) is 0 Å². The summed E-state index contributed by atoms with van der Waals surface area (Å²) in [5, 5.41) is 10.6. The van der Waals surface area contributed by atoms with Crippen LogP contribution in [0.15, 0.2) is 218 Å². The highest BCUT2D eigenvalue weighted by Crippen LogP contribution is 2.53. The maximum atomic E-state index is 4.34. The van der Waals surface area contributed by atoms with Crippen LogP contribution in [-0.2, 0) is 16.2 Å². The van der Waals surface area contributed by atoms with Crippen LogP contribution >= 0.6 is 11.3 Å². The van der Waals surface area contributed by atoms with Crippen molar-refractivity contribution in [2.75, 3.05) is 15.1 Å². The minimum atomic E-state index is -0.258. The second-order valence-electron chi connectivity index (χ2n) is 26.4. The number of nitrogens with one attached hydrogen (secondary N) is 1. The number of hydrogen-bond acceptors (Lipinski definition) is 4. The van der Waals surface area contributed by atoms with Crippen molar-refractivity contribution in [2.45, 2.75) is 92.4 Å². The van der Waals surface area contributed by atoms with Crippen molar-refractivity contribution in [1.29, 1.82) is 0 Å². The van der Waals surface area contributed by atoms with Gasteiger partial charge >= 0.3 is 0 Å². The molecule has 0 aliphatic carbocycles. The molecule has 406 valence electrons. The van der Waals surface area contributed by atoms with E-state index in [1.165, 1.54) is 126 Å². The number of fused-ring (bicyclic) bond motifs is 8. The van der Waals surface area contributed by atoms with E-state index in [4.69, 9.17) is 0 Å². The predicted molar refractivity (Wildman–Crippen MR) is 362 cm³/mol. The number of aryl methyl sites for hydroxylation is 2. The largest absolute Gasteiger partial charge is 0.356 e. The Hall–Kier alpha value is -8.64. The van der Waals surface area contributed by atoms with E-state index in [0.717, 1.165) is 28.4 Å². The van der Waals surface area contributed by atoms with Crippen molar-refractivity contribution in [1.82, 2.24) is 0 Å². The second-order valence-corrected chi connectivity index (χ2v) is 27.5. The normalized spacial score (nSPS) is 13.0. The van der Waals surface area contributed by atoms with Crippen LogP contribution in [0.2, 0.25) is 0 Å². The molecule has 1 aromatic heterocycles. The molecule has 0 saturated carbocycles. The van der Waals surface area contributed by atoms with Gasteiger partial charge in [-0.3, -0.25) is 0 Å². The highest BCUT2D eigenvalue weighted by atomic mass is 32.1. The van der Waals surface area contributed by atoms with Gasteiger partial charge < -0.3 is 15.1 Å². The maximum absolute atomic E-state index is 4.34. The van der Waals surface area contributed by atoms with Crippen LogP contribution in [-0.4, -0.2) is 6.71 Å². The standard InChI is InChI=1S/C78H70BN3S/c1-48-26-35-55(36-27-48)81(56-37-28-49(2)29-38-56)58-40-42-65-66(46-58)80-73-71(52-30-32-53(33-31-52)76(3,4)5)64(78(9,10)11)47-67-72(73)79(65)75-74(63-44-54(77(6,7)8)34-43-68(63)83-75)82(67)57-39-41-61-62(45-57)70(51-22-16-13-17-23-51)60-25-19-18-24-59(60)69(61)50-20-14-12-15-21-50/h12-47,80H,1-11H3. The van der Waals surface area contributed by atoms with Crippen molar-refractivity contribution in [3.05, 3.63) is 246 Å². The molecule has 0 spiro atoms. The molecule has 0 bridgehead atoms. The molecular weight excluding hydrogens is 1020 g/mol. The van der Waals surface area contributed by atoms with E-state index in [2.05, 4.69) is 310 Å². The molecule has 0 radical (unpaired) electrons. The van der Waals surface area contributed by atoms with Gasteiger partial charge in [-0.05, 0) is 174 Å². The van der Waals surface area contributed by atoms with Crippen LogP contribution in [0.5, 0.6) is 0 Å². The van der Waals surface area contributed by atoms with Crippen LogP contribution in [0.25, 0.3) is 65.0 Å². The van der Waals surface area contributed by atoms with Crippen molar-refractivity contribution in [3.63, 3.8) is 0 Å². The number of hydrogen-bond donors (Lipinski definition) is 1. The quantitative estimate of drug-likeness (QED) is 0.127. The molecule has 0 amide bonds. The summed E-state index contributed by atoms with van der Waals surface area (Å²) in [6.07, 6.45) is 0. The molecule has 0 atom stereocenters. The van der Waals surface area contributed by atoms with Crippen molar-refractivity contribution >= 4 is 111 Å². The van der Waals surface area contributed by atoms with Gasteiger partial charge in [-0.25, -0.2) is 0 Å². The summed E-state index contributed by atoms with van der Waals surface area (Å²) in [5.41, 5.74) is 25.4. The summed E-state index contributed by atoms with van der Waals surface area (Å²) in [6, 6.07) is 83.0. The third kappa shape index (κ3) is 8.86. The molecule has 3 nitrogen and oxygen atoms in total. The van der Waals surface area contributed by atoms with Crippen LogP contribution in [0.3, 0.4) is 0 Å². The van der Waals surface area contributed by atoms with Crippen LogP contribution in [0.4, 0.5) is 45.5 Å². The summed E-state index contributed by atoms with van der Waals surface area (Å²) in [7, 11) is 0. The second kappa shape index (κ2) is 19.5. The lowest BCUT2D eigenvalue weighted by Crippen LogP contribution is -2.59. The molecule has 2 aliphatic rings. The Labute approximate surface area is 495 Å². The molecule has 0 fully saturated rings. The molecule has 0 saturated heterocycles. The summed E-state index contributed by atoms with van der Waals surface area (Å²) in [4.78, 5) is 5.09. The first-order valence-electron chi connectivity index (χ1n) is 29.5. The average Bonchev–Trinajstić information content (AvgIpc) is 2.67. The Morgan fingerprint density at radius 2 is 0.964 bits per heavy atom. The zero-order valence-electron chi connectivity index (χ0n) is 49.7. The average molecular weight is 1090 g/mol. The van der Waals surface area contributed by atoms with Crippen molar-refractivity contribution in [3.8, 4) is 33.4 Å². The third-order valence-corrected chi connectivity index (χ3v) is 18.8. The minimum absolute atomic E-state index is 0.00821. The van der Waals surface area contributed by atoms with Gasteiger partial charge in [0.15, 0.2) is 0 Å². The van der Waals surface area contributed by atoms with Crippen LogP contribution in [0.1, 0.15) is 90.1 Å². The Morgan fingerprint density at radius 3 is 1.54 bits per heavy atom. The van der Waals surface area contributed by atoms with Crippen molar-refractivity contribution in [2.24, 2.45) is 0 Å². The fourth-order valence-electron chi connectivity index (χ4n) is 13.3. The van der Waals surface area contributed by atoms with Gasteiger partial charge in [0, 0.05) is 60.2 Å². The fraction of sp³-hybridized carbons (Fsp3) is 0.179. The highest BCUT2D eigenvalue weighted by Gasteiger charge is 2.46. The fourth-order valence-corrected chi connectivity index (χ4v) is 14.6. The Bertz CT molecular complexity index is 4470. The predicted octanol–water partition coefficient (Wildman–Crippen LogP) is 20.5. The molecule has 12 aromatic rings. The summed E-state index contributed by atoms with van der Waals surface area (Å²) in [6.45, 7) is 25.4. The Kier molecular flexibility index (Phi) is 12.3. The lowest BCUT2D eigenvalue weighted by molar-refractivity contribution is 0.589. The Balaban J connectivity index is 1.10. The molecule has 11 aromatic carbocycles. The van der Waals surface area contributed by atoms with Crippen LogP contribution in [0, 0.1) is 13.8 Å². The third-order valence-electron chi connectivity index (χ3n) is 17.6. The van der Waals surface area contributed by atoms with E-state index < -0.39 is 0 Å². The zero-order chi connectivity index (χ0) is 57.3. The summed E-state index contributed by atoms with van der Waals surface area (Å²) in [5.74, 6) is 0. The number of anilines is 8. The van der Waals surface area contributed by atoms with E-state index in [-0.39, 0.29) is 23.0 Å². The van der Waals surface area contributed by atoms with Gasteiger partial charge in [-0.15, -0.1) is 11.3 Å². The molecule has 14 rings (SSSR count). The number of nitrogens with zero attached hydrogens (tertiary/aromatic N) is 2. The highest BCUT2D eigenvalue weighted by molar-refractivity contribution is 7.33. The molecule has 0 unspecified atom stereocenters. The van der Waals surface area contributed by atoms with Gasteiger partial charge in [0.05, 0.1) is 5.69 Å². The topological polar surface area (TPSA) is 18.5 Å². The van der Waals surface area contributed by atoms with Gasteiger partial charge in [-0.2, -0.15) is 0 Å². The first-order chi connectivity index (χ1) is 39.9. The maximum Gasteiger partial charge on any atom is 0.264 e. The SMILES string of the molecule is Cc1ccc(N(c2ccc(C)cc2)c2ccc3c(c2)Nc2c4c(cc(C(C)(C)C)c2-c2ccc(C(C)(C)C)cc2)N(c2ccc5c(-c6ccccc6)c6ccccc6c(-c6ccccc6)c5c2)c2c(sc5ccc(C(C)(C)C)cc25)B34)cc1. The first kappa shape index (κ1) is 52.4. The summed E-state index contributed by atoms with van der Waals surface area (Å²) >= 11 is 1.97. The number of thiophene rings is 1. The molecule has 3 heterocycles. The molecule has 2 aliphatic heterocycles. The summed E-state index contributed by atoms with van der Waals surface area (Å²) < 4.78 is 2.65. The minimum Gasteiger partial charge on any atom is -0.356 e. The van der Waals surface area contributed by atoms with E-state index in [0.29, 0.717) is 0 Å². The van der Waals surface area contributed by atoms with E-state index in [9.17, 15) is 0 Å². The smallest absolute Gasteiger partial charge is 0.264 e. The van der Waals surface area contributed by atoms with Gasteiger partial charge in [0.25, 0.3) is 6.71 Å². The van der Waals surface area contributed by atoms with Gasteiger partial charge in [0.1, 0.15) is 0 Å². The van der Waals surface area contributed by atoms with Gasteiger partial charge in [0.2, 0.25) is 0 Å². The van der Waals surface area contributed by atoms with Crippen LogP contribution < -0.4 is 30.8 Å². The molecule has 5 heteroatoms. The van der Waals surface area contributed by atoms with Crippen molar-refractivity contribution < 1.29 is 0 Å². The number of rotatable bonds is 7. The lowest BCUT2D eigenvalue weighted by Gasteiger charge is -2.42. The number of benzene rings is 11. The van der Waals surface area contributed by atoms with E-state index in [1.807, 2.05) is 11.3 Å². The Morgan fingerprint density at radius 1 is 0.434 bits per heavy atom.